The smallest absolute Gasteiger partial charge is 0.339 e. The Morgan fingerprint density at radius 2 is 1.79 bits per heavy atom. The van der Waals surface area contributed by atoms with Crippen molar-refractivity contribution in [3.05, 3.63) is 81.7 Å². The Bertz CT molecular complexity index is 1250. The van der Waals surface area contributed by atoms with E-state index < -0.39 is 17.8 Å². The van der Waals surface area contributed by atoms with Crippen LogP contribution in [0.15, 0.2) is 69.6 Å². The molecule has 0 aliphatic carbocycles. The predicted octanol–water partition coefficient (Wildman–Crippen LogP) is 2.93. The highest BCUT2D eigenvalue weighted by Crippen LogP contribution is 2.30. The number of nitrogens with zero attached hydrogens (tertiary/aromatic N) is 1. The van der Waals surface area contributed by atoms with Gasteiger partial charge in [-0.1, -0.05) is 24.3 Å². The van der Waals surface area contributed by atoms with E-state index in [4.69, 9.17) is 9.15 Å². The summed E-state index contributed by atoms with van der Waals surface area (Å²) >= 11 is 0. The van der Waals surface area contributed by atoms with E-state index in [2.05, 4.69) is 0 Å². The van der Waals surface area contributed by atoms with Gasteiger partial charge in [-0.2, -0.15) is 0 Å². The first-order chi connectivity index (χ1) is 14.0. The summed E-state index contributed by atoms with van der Waals surface area (Å²) in [5, 5.41) is 0.381. The van der Waals surface area contributed by atoms with Crippen molar-refractivity contribution in [3.8, 4) is 0 Å². The van der Waals surface area contributed by atoms with Crippen molar-refractivity contribution in [2.75, 3.05) is 12.0 Å². The summed E-state index contributed by atoms with van der Waals surface area (Å²) in [6, 6.07) is 13.0. The maximum atomic E-state index is 12.9. The molecule has 2 aromatic carbocycles. The minimum atomic E-state index is -0.659. The van der Waals surface area contributed by atoms with Crippen LogP contribution in [-0.4, -0.2) is 24.9 Å². The van der Waals surface area contributed by atoms with E-state index in [1.165, 1.54) is 31.6 Å². The monoisotopic (exact) mass is 389 g/mol. The van der Waals surface area contributed by atoms with Crippen molar-refractivity contribution in [3.63, 3.8) is 0 Å². The molecule has 29 heavy (non-hydrogen) atoms. The Morgan fingerprint density at radius 3 is 2.59 bits per heavy atom. The van der Waals surface area contributed by atoms with Gasteiger partial charge in [0.15, 0.2) is 5.43 Å². The van der Waals surface area contributed by atoms with E-state index in [-0.39, 0.29) is 34.2 Å². The number of hydrogen-bond donors (Lipinski definition) is 0. The summed E-state index contributed by atoms with van der Waals surface area (Å²) in [6.45, 7) is 0. The summed E-state index contributed by atoms with van der Waals surface area (Å²) < 4.78 is 10.2. The number of carbonyl (C=O) groups is 3. The van der Waals surface area contributed by atoms with Gasteiger partial charge in [-0.25, -0.2) is 9.69 Å². The number of hydrogen-bond acceptors (Lipinski definition) is 6. The number of methoxy groups -OCH3 is 1. The van der Waals surface area contributed by atoms with E-state index in [0.29, 0.717) is 11.0 Å². The lowest BCUT2D eigenvalue weighted by molar-refractivity contribution is -0.120. The quantitative estimate of drug-likeness (QED) is 0.388. The van der Waals surface area contributed by atoms with Crippen LogP contribution in [0.5, 0.6) is 0 Å². The van der Waals surface area contributed by atoms with Crippen LogP contribution in [0.4, 0.5) is 5.69 Å². The maximum Gasteiger partial charge on any atom is 0.339 e. The van der Waals surface area contributed by atoms with Crippen LogP contribution in [0.1, 0.15) is 22.3 Å². The Morgan fingerprint density at radius 1 is 1.07 bits per heavy atom. The normalized spacial score (nSPS) is 15.3. The molecule has 4 rings (SSSR count). The molecule has 0 N–H and O–H groups in total. The third-order valence-electron chi connectivity index (χ3n) is 4.66. The van der Waals surface area contributed by atoms with E-state index in [1.54, 1.807) is 36.4 Å². The molecule has 2 amide bonds. The van der Waals surface area contributed by atoms with Crippen molar-refractivity contribution in [2.45, 2.75) is 6.42 Å². The molecular weight excluding hydrogens is 374 g/mol. The summed E-state index contributed by atoms with van der Waals surface area (Å²) in [5.41, 5.74) is 0.682. The lowest BCUT2D eigenvalue weighted by Crippen LogP contribution is -2.30. The molecule has 2 heterocycles. The highest BCUT2D eigenvalue weighted by atomic mass is 16.5. The number of fused-ring (bicyclic) bond motifs is 1. The standard InChI is InChI=1S/C22H15NO6/c1-28-22(27)15-6-2-4-8-17(15)23-19(24)11-13(21(23)26)10-14-12-29-18-9-5-3-7-16(18)20(14)25/h2-10,12H,11H2,1H3/b13-10-. The highest BCUT2D eigenvalue weighted by Gasteiger charge is 2.37. The summed E-state index contributed by atoms with van der Waals surface area (Å²) in [5.74, 6) is -1.75. The third kappa shape index (κ3) is 3.12. The molecule has 0 unspecified atom stereocenters. The molecule has 0 saturated carbocycles. The zero-order valence-corrected chi connectivity index (χ0v) is 15.4. The number of amides is 2. The first-order valence-electron chi connectivity index (χ1n) is 8.77. The summed E-state index contributed by atoms with van der Waals surface area (Å²) in [4.78, 5) is 51.1. The number of anilines is 1. The van der Waals surface area contributed by atoms with E-state index >= 15 is 0 Å². The summed E-state index contributed by atoms with van der Waals surface area (Å²) in [6.07, 6.45) is 2.43. The first-order valence-corrected chi connectivity index (χ1v) is 8.77. The van der Waals surface area contributed by atoms with Crippen LogP contribution < -0.4 is 10.3 Å². The number of ether oxygens (including phenoxy) is 1. The lowest BCUT2D eigenvalue weighted by atomic mass is 10.1. The van der Waals surface area contributed by atoms with Gasteiger partial charge in [-0.05, 0) is 30.3 Å². The van der Waals surface area contributed by atoms with Crippen molar-refractivity contribution in [2.24, 2.45) is 0 Å². The molecular formula is C22H15NO6. The van der Waals surface area contributed by atoms with Gasteiger partial charge in [0.25, 0.3) is 5.91 Å². The Labute approximate surface area is 164 Å². The van der Waals surface area contributed by atoms with Crippen LogP contribution in [-0.2, 0) is 14.3 Å². The zero-order valence-electron chi connectivity index (χ0n) is 15.4. The average Bonchev–Trinajstić information content (AvgIpc) is 3.02. The number of esters is 1. The molecule has 144 valence electrons. The molecule has 1 saturated heterocycles. The molecule has 1 fully saturated rings. The first kappa shape index (κ1) is 18.4. The number of para-hydroxylation sites is 2. The highest BCUT2D eigenvalue weighted by molar-refractivity contribution is 6.30. The lowest BCUT2D eigenvalue weighted by Gasteiger charge is -2.16. The van der Waals surface area contributed by atoms with E-state index in [1.807, 2.05) is 0 Å². The minimum Gasteiger partial charge on any atom is -0.465 e. The fraction of sp³-hybridized carbons (Fsp3) is 0.0909. The zero-order chi connectivity index (χ0) is 20.5. The van der Waals surface area contributed by atoms with Crippen LogP contribution in [0, 0.1) is 0 Å². The second-order valence-electron chi connectivity index (χ2n) is 6.41. The largest absolute Gasteiger partial charge is 0.465 e. The molecule has 7 heteroatoms. The van der Waals surface area contributed by atoms with Crippen molar-refractivity contribution < 1.29 is 23.5 Å². The molecule has 0 bridgehead atoms. The molecule has 1 aliphatic rings. The van der Waals surface area contributed by atoms with Crippen LogP contribution in [0.25, 0.3) is 17.0 Å². The van der Waals surface area contributed by atoms with E-state index in [0.717, 1.165) is 4.90 Å². The van der Waals surface area contributed by atoms with Gasteiger partial charge in [0, 0.05) is 5.57 Å². The molecule has 3 aromatic rings. The van der Waals surface area contributed by atoms with Gasteiger partial charge in [-0.15, -0.1) is 0 Å². The number of imide groups is 1. The van der Waals surface area contributed by atoms with Gasteiger partial charge in [0.1, 0.15) is 11.8 Å². The van der Waals surface area contributed by atoms with Crippen LogP contribution >= 0.6 is 0 Å². The average molecular weight is 389 g/mol. The van der Waals surface area contributed by atoms with Gasteiger partial charge >= 0.3 is 5.97 Å². The Kier molecular flexibility index (Phi) is 4.56. The predicted molar refractivity (Wildman–Crippen MR) is 105 cm³/mol. The second kappa shape index (κ2) is 7.20. The van der Waals surface area contributed by atoms with Crippen LogP contribution in [0.2, 0.25) is 0 Å². The third-order valence-corrected chi connectivity index (χ3v) is 4.66. The van der Waals surface area contributed by atoms with Crippen molar-refractivity contribution in [1.82, 2.24) is 0 Å². The van der Waals surface area contributed by atoms with Crippen molar-refractivity contribution in [1.29, 1.82) is 0 Å². The molecule has 0 atom stereocenters. The summed E-state index contributed by atoms with van der Waals surface area (Å²) in [7, 11) is 1.22. The van der Waals surface area contributed by atoms with E-state index in [9.17, 15) is 19.2 Å². The molecule has 0 radical (unpaired) electrons. The molecule has 1 aliphatic heterocycles. The minimum absolute atomic E-state index is 0.100. The number of benzene rings is 2. The number of carbonyl (C=O) groups excluding carboxylic acids is 3. The fourth-order valence-electron chi connectivity index (χ4n) is 3.26. The Hall–Kier alpha value is -4.00. The van der Waals surface area contributed by atoms with Gasteiger partial charge in [0.2, 0.25) is 5.91 Å². The van der Waals surface area contributed by atoms with Crippen LogP contribution in [0.3, 0.4) is 0 Å². The molecule has 0 spiro atoms. The van der Waals surface area contributed by atoms with Gasteiger partial charge < -0.3 is 9.15 Å². The second-order valence-corrected chi connectivity index (χ2v) is 6.41. The topological polar surface area (TPSA) is 93.9 Å². The Balaban J connectivity index is 1.76. The van der Waals surface area contributed by atoms with Gasteiger partial charge in [0.05, 0.1) is 35.7 Å². The molecule has 7 nitrogen and oxygen atoms in total. The fourth-order valence-corrected chi connectivity index (χ4v) is 3.26. The maximum absolute atomic E-state index is 12.9. The number of rotatable bonds is 3. The van der Waals surface area contributed by atoms with Crippen molar-refractivity contribution >= 4 is 40.5 Å². The van der Waals surface area contributed by atoms with Gasteiger partial charge in [-0.3, -0.25) is 14.4 Å². The SMILES string of the molecule is COC(=O)c1ccccc1N1C(=O)C/C(=C/c2coc3ccccc3c2=O)C1=O. The molecule has 1 aromatic heterocycles.